The van der Waals surface area contributed by atoms with Gasteiger partial charge in [-0.3, -0.25) is 0 Å². The fraction of sp³-hybridized carbons (Fsp3) is 1.00. The molecule has 0 fully saturated rings. The van der Waals surface area contributed by atoms with E-state index in [1.165, 1.54) is 83.5 Å². The Morgan fingerprint density at radius 1 is 0.611 bits per heavy atom. The van der Waals surface area contributed by atoms with Crippen LogP contribution >= 0.6 is 0 Å². The van der Waals surface area contributed by atoms with Crippen molar-refractivity contribution in [3.8, 4) is 0 Å². The first kappa shape index (κ1) is 18.0. The highest BCUT2D eigenvalue weighted by Gasteiger charge is 2.05. The van der Waals surface area contributed by atoms with Crippen molar-refractivity contribution >= 4 is 0 Å². The molecule has 0 aliphatic carbocycles. The third-order valence-electron chi connectivity index (χ3n) is 3.94. The molecule has 18 heavy (non-hydrogen) atoms. The van der Waals surface area contributed by atoms with E-state index in [0.29, 0.717) is 12.5 Å². The Balaban J connectivity index is 3.17. The molecule has 0 bridgehead atoms. The van der Waals surface area contributed by atoms with Gasteiger partial charge in [-0.15, -0.1) is 0 Å². The average Bonchev–Trinajstić information content (AvgIpc) is 2.40. The van der Waals surface area contributed by atoms with Crippen molar-refractivity contribution < 1.29 is 5.11 Å². The van der Waals surface area contributed by atoms with Crippen LogP contribution in [0.1, 0.15) is 97.3 Å². The minimum atomic E-state index is 0.400. The molecule has 1 atom stereocenters. The number of hydrogen-bond acceptors (Lipinski definition) is 1. The van der Waals surface area contributed by atoms with Crippen LogP contribution in [0.4, 0.5) is 0 Å². The van der Waals surface area contributed by atoms with E-state index < -0.39 is 0 Å². The fourth-order valence-corrected chi connectivity index (χ4v) is 2.56. The molecule has 0 aromatic rings. The monoisotopic (exact) mass is 256 g/mol. The summed E-state index contributed by atoms with van der Waals surface area (Å²) in [6.07, 6.45) is 17.6. The largest absolute Gasteiger partial charge is 0.396 e. The highest BCUT2D eigenvalue weighted by molar-refractivity contribution is 4.58. The number of hydrogen-bond donors (Lipinski definition) is 1. The highest BCUT2D eigenvalue weighted by atomic mass is 16.3. The van der Waals surface area contributed by atoms with Gasteiger partial charge in [0.1, 0.15) is 0 Å². The maximum absolute atomic E-state index is 9.28. The molecule has 0 aromatic carbocycles. The van der Waals surface area contributed by atoms with Gasteiger partial charge < -0.3 is 5.11 Å². The van der Waals surface area contributed by atoms with E-state index in [1.807, 2.05) is 0 Å². The van der Waals surface area contributed by atoms with Crippen molar-refractivity contribution in [2.75, 3.05) is 6.61 Å². The van der Waals surface area contributed by atoms with Gasteiger partial charge >= 0.3 is 0 Å². The van der Waals surface area contributed by atoms with Crippen LogP contribution in [0, 0.1) is 5.92 Å². The third kappa shape index (κ3) is 12.4. The fourth-order valence-electron chi connectivity index (χ4n) is 2.56. The lowest BCUT2D eigenvalue weighted by molar-refractivity contribution is 0.205. The SMILES string of the molecule is CCCCCCCCCCCC(CO)CCCC. The molecule has 0 heterocycles. The van der Waals surface area contributed by atoms with Gasteiger partial charge in [-0.25, -0.2) is 0 Å². The molecule has 0 spiro atoms. The van der Waals surface area contributed by atoms with Gasteiger partial charge in [0.25, 0.3) is 0 Å². The molecule has 1 unspecified atom stereocenters. The van der Waals surface area contributed by atoms with Crippen molar-refractivity contribution in [2.45, 2.75) is 97.3 Å². The minimum absolute atomic E-state index is 0.400. The topological polar surface area (TPSA) is 20.2 Å². The van der Waals surface area contributed by atoms with E-state index in [2.05, 4.69) is 13.8 Å². The summed E-state index contributed by atoms with van der Waals surface area (Å²) in [5, 5.41) is 9.28. The molecular formula is C17H36O. The van der Waals surface area contributed by atoms with Crippen molar-refractivity contribution in [2.24, 2.45) is 5.92 Å². The summed E-state index contributed by atoms with van der Waals surface area (Å²) in [6.45, 7) is 4.90. The Morgan fingerprint density at radius 3 is 1.56 bits per heavy atom. The molecule has 0 rings (SSSR count). The molecule has 0 saturated heterocycles. The zero-order valence-corrected chi connectivity index (χ0v) is 12.9. The molecule has 1 N–H and O–H groups in total. The summed E-state index contributed by atoms with van der Waals surface area (Å²) in [6, 6.07) is 0. The maximum atomic E-state index is 9.28. The summed E-state index contributed by atoms with van der Waals surface area (Å²) < 4.78 is 0. The Hall–Kier alpha value is -0.0400. The van der Waals surface area contributed by atoms with Gasteiger partial charge in [-0.1, -0.05) is 84.5 Å². The van der Waals surface area contributed by atoms with Crippen molar-refractivity contribution in [3.05, 3.63) is 0 Å². The number of aliphatic hydroxyl groups is 1. The molecule has 110 valence electrons. The summed E-state index contributed by atoms with van der Waals surface area (Å²) in [4.78, 5) is 0. The summed E-state index contributed by atoms with van der Waals surface area (Å²) in [5.74, 6) is 0.578. The van der Waals surface area contributed by atoms with Gasteiger partial charge in [-0.05, 0) is 18.8 Å². The second-order valence-corrected chi connectivity index (χ2v) is 5.81. The zero-order valence-electron chi connectivity index (χ0n) is 12.9. The maximum Gasteiger partial charge on any atom is 0.0459 e. The van der Waals surface area contributed by atoms with Gasteiger partial charge in [0.2, 0.25) is 0 Å². The van der Waals surface area contributed by atoms with Gasteiger partial charge in [0.15, 0.2) is 0 Å². The summed E-state index contributed by atoms with van der Waals surface area (Å²) in [7, 11) is 0. The third-order valence-corrected chi connectivity index (χ3v) is 3.94. The normalized spacial score (nSPS) is 12.8. The van der Waals surface area contributed by atoms with Gasteiger partial charge in [0, 0.05) is 6.61 Å². The number of aliphatic hydroxyl groups excluding tert-OH is 1. The molecule has 1 nitrogen and oxygen atoms in total. The second kappa shape index (κ2) is 15.0. The van der Waals surface area contributed by atoms with E-state index >= 15 is 0 Å². The first-order chi connectivity index (χ1) is 8.85. The lowest BCUT2D eigenvalue weighted by atomic mass is 9.96. The molecule has 0 radical (unpaired) electrons. The number of rotatable bonds is 14. The zero-order chi connectivity index (χ0) is 13.5. The molecule has 1 heteroatoms. The predicted molar refractivity (Wildman–Crippen MR) is 81.9 cm³/mol. The molecule has 0 amide bonds. The van der Waals surface area contributed by atoms with Crippen molar-refractivity contribution in [3.63, 3.8) is 0 Å². The lowest BCUT2D eigenvalue weighted by Crippen LogP contribution is -2.05. The highest BCUT2D eigenvalue weighted by Crippen LogP contribution is 2.17. The first-order valence-electron chi connectivity index (χ1n) is 8.46. The molecule has 0 saturated carbocycles. The number of unbranched alkanes of at least 4 members (excludes halogenated alkanes) is 9. The van der Waals surface area contributed by atoms with E-state index in [4.69, 9.17) is 0 Å². The Bertz CT molecular complexity index is 145. The van der Waals surface area contributed by atoms with Crippen LogP contribution < -0.4 is 0 Å². The van der Waals surface area contributed by atoms with Crippen molar-refractivity contribution in [1.29, 1.82) is 0 Å². The van der Waals surface area contributed by atoms with Crippen LogP contribution in [0.2, 0.25) is 0 Å². The molecular weight excluding hydrogens is 220 g/mol. The van der Waals surface area contributed by atoms with Gasteiger partial charge in [0.05, 0.1) is 0 Å². The van der Waals surface area contributed by atoms with Gasteiger partial charge in [-0.2, -0.15) is 0 Å². The first-order valence-corrected chi connectivity index (χ1v) is 8.46. The van der Waals surface area contributed by atoms with Crippen LogP contribution in [0.3, 0.4) is 0 Å². The quantitative estimate of drug-likeness (QED) is 0.395. The Kier molecular flexibility index (Phi) is 15.0. The van der Waals surface area contributed by atoms with E-state index in [0.717, 1.165) is 0 Å². The van der Waals surface area contributed by atoms with E-state index in [9.17, 15) is 5.11 Å². The van der Waals surface area contributed by atoms with Crippen LogP contribution in [-0.4, -0.2) is 11.7 Å². The van der Waals surface area contributed by atoms with Crippen LogP contribution in [-0.2, 0) is 0 Å². The van der Waals surface area contributed by atoms with Crippen molar-refractivity contribution in [1.82, 2.24) is 0 Å². The average molecular weight is 256 g/mol. The van der Waals surface area contributed by atoms with E-state index in [-0.39, 0.29) is 0 Å². The lowest BCUT2D eigenvalue weighted by Gasteiger charge is -2.13. The summed E-state index contributed by atoms with van der Waals surface area (Å²) >= 11 is 0. The minimum Gasteiger partial charge on any atom is -0.396 e. The van der Waals surface area contributed by atoms with E-state index in [1.54, 1.807) is 0 Å². The van der Waals surface area contributed by atoms with Crippen LogP contribution in [0.25, 0.3) is 0 Å². The molecule has 0 aliphatic rings. The Labute approximate surface area is 115 Å². The molecule has 0 aliphatic heterocycles. The van der Waals surface area contributed by atoms with Crippen LogP contribution in [0.5, 0.6) is 0 Å². The Morgan fingerprint density at radius 2 is 1.06 bits per heavy atom. The summed E-state index contributed by atoms with van der Waals surface area (Å²) in [5.41, 5.74) is 0. The second-order valence-electron chi connectivity index (χ2n) is 5.81. The molecule has 0 aromatic heterocycles. The standard InChI is InChI=1S/C17H36O/c1-3-5-7-8-9-10-11-12-13-15-17(16-18)14-6-4-2/h17-18H,3-16H2,1-2H3. The van der Waals surface area contributed by atoms with Crippen LogP contribution in [0.15, 0.2) is 0 Å². The smallest absolute Gasteiger partial charge is 0.0459 e. The predicted octanol–water partition coefficient (Wildman–Crippen LogP) is 5.71.